The van der Waals surface area contributed by atoms with Gasteiger partial charge in [-0.2, -0.15) is 0 Å². The first-order valence-corrected chi connectivity index (χ1v) is 6.18. The lowest BCUT2D eigenvalue weighted by molar-refractivity contribution is 0.341. The topological polar surface area (TPSA) is 20.2 Å². The Morgan fingerprint density at radius 3 is 2.20 bits per heavy atom. The van der Waals surface area contributed by atoms with Gasteiger partial charge in [-0.1, -0.05) is 50.0 Å². The normalized spacial score (nSPS) is 13.3. The van der Waals surface area contributed by atoms with Crippen LogP contribution in [-0.2, 0) is 0 Å². The first-order chi connectivity index (χ1) is 7.24. The van der Waals surface area contributed by atoms with Crippen LogP contribution in [0.1, 0.15) is 59.3 Å². The molecule has 0 amide bonds. The summed E-state index contributed by atoms with van der Waals surface area (Å²) in [5.74, 6) is 0. The summed E-state index contributed by atoms with van der Waals surface area (Å²) in [6.07, 6.45) is 11.3. The average molecular weight is 210 g/mol. The second kappa shape index (κ2) is 9.97. The van der Waals surface area contributed by atoms with Gasteiger partial charge in [-0.15, -0.1) is 0 Å². The molecule has 0 heterocycles. The minimum atomic E-state index is 0.187. The number of hydrogen-bond donors (Lipinski definition) is 1. The van der Waals surface area contributed by atoms with Crippen LogP contribution in [0, 0.1) is 0 Å². The summed E-state index contributed by atoms with van der Waals surface area (Å²) in [5.41, 5.74) is 2.90. The Morgan fingerprint density at radius 1 is 1.00 bits per heavy atom. The smallest absolute Gasteiger partial charge is 0.0615 e. The van der Waals surface area contributed by atoms with Crippen LogP contribution in [0.3, 0.4) is 0 Å². The van der Waals surface area contributed by atoms with Gasteiger partial charge in [-0.05, 0) is 32.6 Å². The Morgan fingerprint density at radius 2 is 1.67 bits per heavy atom. The lowest BCUT2D eigenvalue weighted by Gasteiger charge is -2.04. The number of aliphatic hydroxyl groups is 1. The lowest BCUT2D eigenvalue weighted by atomic mass is 10.0. The largest absolute Gasteiger partial charge is 0.392 e. The molecule has 0 fully saturated rings. The van der Waals surface area contributed by atoms with Crippen LogP contribution >= 0.6 is 0 Å². The molecule has 88 valence electrons. The van der Waals surface area contributed by atoms with Crippen LogP contribution in [0.4, 0.5) is 0 Å². The van der Waals surface area contributed by atoms with Crippen LogP contribution in [0.25, 0.3) is 0 Å². The van der Waals surface area contributed by atoms with Crippen molar-refractivity contribution in [3.63, 3.8) is 0 Å². The van der Waals surface area contributed by atoms with Crippen LogP contribution in [-0.4, -0.2) is 11.7 Å². The Kier molecular flexibility index (Phi) is 9.60. The van der Waals surface area contributed by atoms with E-state index in [1.165, 1.54) is 30.4 Å². The van der Waals surface area contributed by atoms with E-state index >= 15 is 0 Å². The predicted molar refractivity (Wildman–Crippen MR) is 68.0 cm³/mol. The van der Waals surface area contributed by atoms with Crippen LogP contribution in [0.5, 0.6) is 0 Å². The molecule has 0 rings (SSSR count). The second-order valence-corrected chi connectivity index (χ2v) is 4.13. The third-order valence-electron chi connectivity index (χ3n) is 2.55. The molecule has 0 atom stereocenters. The Bertz CT molecular complexity index is 201. The first-order valence-electron chi connectivity index (χ1n) is 6.18. The fourth-order valence-electron chi connectivity index (χ4n) is 1.78. The van der Waals surface area contributed by atoms with Gasteiger partial charge in [-0.25, -0.2) is 0 Å². The molecule has 0 aromatic rings. The molecule has 0 saturated heterocycles. The summed E-state index contributed by atoms with van der Waals surface area (Å²) in [6.45, 7) is 6.79. The molecule has 0 aromatic heterocycles. The van der Waals surface area contributed by atoms with E-state index in [-0.39, 0.29) is 6.61 Å². The molecule has 0 bridgehead atoms. The Labute approximate surface area is 94.9 Å². The van der Waals surface area contributed by atoms with E-state index in [1.807, 2.05) is 6.08 Å². The highest BCUT2D eigenvalue weighted by atomic mass is 16.2. The summed E-state index contributed by atoms with van der Waals surface area (Å²) in [6, 6.07) is 0. The zero-order chi connectivity index (χ0) is 11.5. The van der Waals surface area contributed by atoms with E-state index in [4.69, 9.17) is 5.11 Å². The van der Waals surface area contributed by atoms with Gasteiger partial charge in [0, 0.05) is 0 Å². The molecular formula is C14H26O. The summed E-state index contributed by atoms with van der Waals surface area (Å²) in [4.78, 5) is 0. The Balaban J connectivity index is 3.89. The second-order valence-electron chi connectivity index (χ2n) is 4.13. The van der Waals surface area contributed by atoms with Gasteiger partial charge in [0.2, 0.25) is 0 Å². The summed E-state index contributed by atoms with van der Waals surface area (Å²) in [5, 5.41) is 8.86. The average Bonchev–Trinajstić information content (AvgIpc) is 2.19. The maximum Gasteiger partial charge on any atom is 0.0615 e. The highest BCUT2D eigenvalue weighted by Gasteiger charge is 1.95. The summed E-state index contributed by atoms with van der Waals surface area (Å²) < 4.78 is 0. The molecule has 0 aromatic carbocycles. The van der Waals surface area contributed by atoms with Gasteiger partial charge in [-0.3, -0.25) is 0 Å². The van der Waals surface area contributed by atoms with E-state index < -0.39 is 0 Å². The van der Waals surface area contributed by atoms with Gasteiger partial charge in [0.15, 0.2) is 0 Å². The standard InChI is InChI=1S/C14H26O/c1-4-7-13(3)9-6-10-14(8-5-2)11-12-15/h9,11,15H,4-8,10,12H2,1-3H3/b13-9+,14-11+. The molecule has 0 saturated carbocycles. The van der Waals surface area contributed by atoms with E-state index in [2.05, 4.69) is 26.8 Å². The quantitative estimate of drug-likeness (QED) is 0.594. The van der Waals surface area contributed by atoms with Crippen molar-refractivity contribution in [2.24, 2.45) is 0 Å². The molecule has 0 radical (unpaired) electrons. The maximum absolute atomic E-state index is 8.86. The SMILES string of the molecule is CCC/C(C)=C/CC/C(=C/CO)CCC. The van der Waals surface area contributed by atoms with Crippen LogP contribution in [0.15, 0.2) is 23.3 Å². The highest BCUT2D eigenvalue weighted by molar-refractivity contribution is 5.05. The zero-order valence-electron chi connectivity index (χ0n) is 10.6. The van der Waals surface area contributed by atoms with Gasteiger partial charge in [0.25, 0.3) is 0 Å². The van der Waals surface area contributed by atoms with Crippen LogP contribution in [0.2, 0.25) is 0 Å². The highest BCUT2D eigenvalue weighted by Crippen LogP contribution is 2.14. The number of allylic oxidation sites excluding steroid dienone is 3. The fourth-order valence-corrected chi connectivity index (χ4v) is 1.78. The van der Waals surface area contributed by atoms with Gasteiger partial charge in [0.05, 0.1) is 6.61 Å². The number of rotatable bonds is 8. The lowest BCUT2D eigenvalue weighted by Crippen LogP contribution is -1.87. The van der Waals surface area contributed by atoms with Crippen molar-refractivity contribution >= 4 is 0 Å². The van der Waals surface area contributed by atoms with E-state index in [9.17, 15) is 0 Å². The van der Waals surface area contributed by atoms with Crippen molar-refractivity contribution in [3.05, 3.63) is 23.3 Å². The number of aliphatic hydroxyl groups excluding tert-OH is 1. The molecule has 0 aliphatic carbocycles. The van der Waals surface area contributed by atoms with Gasteiger partial charge in [0.1, 0.15) is 0 Å². The molecule has 1 heteroatoms. The predicted octanol–water partition coefficient (Wildman–Crippen LogP) is 4.23. The van der Waals surface area contributed by atoms with E-state index in [0.717, 1.165) is 19.3 Å². The van der Waals surface area contributed by atoms with Gasteiger partial charge < -0.3 is 5.11 Å². The van der Waals surface area contributed by atoms with Crippen molar-refractivity contribution in [2.45, 2.75) is 59.3 Å². The minimum absolute atomic E-state index is 0.187. The molecule has 0 aliphatic heterocycles. The molecular weight excluding hydrogens is 184 g/mol. The van der Waals surface area contributed by atoms with Crippen LogP contribution < -0.4 is 0 Å². The zero-order valence-corrected chi connectivity index (χ0v) is 10.6. The van der Waals surface area contributed by atoms with Crippen molar-refractivity contribution in [3.8, 4) is 0 Å². The van der Waals surface area contributed by atoms with E-state index in [1.54, 1.807) is 0 Å². The monoisotopic (exact) mass is 210 g/mol. The molecule has 15 heavy (non-hydrogen) atoms. The van der Waals surface area contributed by atoms with Crippen molar-refractivity contribution in [1.82, 2.24) is 0 Å². The van der Waals surface area contributed by atoms with Gasteiger partial charge >= 0.3 is 0 Å². The molecule has 1 N–H and O–H groups in total. The van der Waals surface area contributed by atoms with E-state index in [0.29, 0.717) is 0 Å². The molecule has 0 unspecified atom stereocenters. The molecule has 0 spiro atoms. The summed E-state index contributed by atoms with van der Waals surface area (Å²) >= 11 is 0. The molecule has 1 nitrogen and oxygen atoms in total. The third-order valence-corrected chi connectivity index (χ3v) is 2.55. The minimum Gasteiger partial charge on any atom is -0.392 e. The summed E-state index contributed by atoms with van der Waals surface area (Å²) in [7, 11) is 0. The number of hydrogen-bond acceptors (Lipinski definition) is 1. The third kappa shape index (κ3) is 8.44. The van der Waals surface area contributed by atoms with Crippen molar-refractivity contribution in [2.75, 3.05) is 6.61 Å². The maximum atomic E-state index is 8.86. The van der Waals surface area contributed by atoms with Crippen molar-refractivity contribution in [1.29, 1.82) is 0 Å². The fraction of sp³-hybridized carbons (Fsp3) is 0.714. The molecule has 0 aliphatic rings. The first kappa shape index (κ1) is 14.4. The van der Waals surface area contributed by atoms with Crippen molar-refractivity contribution < 1.29 is 5.11 Å². The Hall–Kier alpha value is -0.560.